The van der Waals surface area contributed by atoms with E-state index in [1.54, 1.807) is 42.5 Å². The van der Waals surface area contributed by atoms with Crippen molar-refractivity contribution in [2.75, 3.05) is 12.0 Å². The molecule has 5 nitrogen and oxygen atoms in total. The van der Waals surface area contributed by atoms with Gasteiger partial charge in [-0.1, -0.05) is 29.8 Å². The van der Waals surface area contributed by atoms with Crippen molar-refractivity contribution in [3.05, 3.63) is 100 Å². The maximum Gasteiger partial charge on any atom is 0.300 e. The molecule has 0 bridgehead atoms. The Kier molecular flexibility index (Phi) is 5.48. The van der Waals surface area contributed by atoms with Crippen molar-refractivity contribution in [2.45, 2.75) is 6.04 Å². The van der Waals surface area contributed by atoms with Gasteiger partial charge >= 0.3 is 0 Å². The minimum absolute atomic E-state index is 0.0908. The zero-order valence-corrected chi connectivity index (χ0v) is 17.1. The molecule has 1 fully saturated rings. The lowest BCUT2D eigenvalue weighted by Crippen LogP contribution is -2.29. The van der Waals surface area contributed by atoms with E-state index in [0.29, 0.717) is 22.0 Å². The Morgan fingerprint density at radius 3 is 2.26 bits per heavy atom. The lowest BCUT2D eigenvalue weighted by molar-refractivity contribution is -0.132. The first kappa shape index (κ1) is 20.6. The molecule has 1 saturated heterocycles. The normalized spacial score (nSPS) is 17.8. The largest absolute Gasteiger partial charge is 0.507 e. The van der Waals surface area contributed by atoms with E-state index in [4.69, 9.17) is 16.3 Å². The molecule has 1 N–H and O–H groups in total. The Morgan fingerprint density at radius 2 is 1.65 bits per heavy atom. The highest BCUT2D eigenvalue weighted by Crippen LogP contribution is 2.43. The van der Waals surface area contributed by atoms with E-state index in [2.05, 4.69) is 0 Å². The predicted molar refractivity (Wildman–Crippen MR) is 116 cm³/mol. The molecule has 31 heavy (non-hydrogen) atoms. The molecule has 1 heterocycles. The van der Waals surface area contributed by atoms with Gasteiger partial charge in [-0.3, -0.25) is 14.5 Å². The van der Waals surface area contributed by atoms with Crippen LogP contribution in [0.1, 0.15) is 17.2 Å². The van der Waals surface area contributed by atoms with Crippen molar-refractivity contribution in [1.82, 2.24) is 0 Å². The number of halogens is 2. The Balaban J connectivity index is 1.94. The molecule has 1 aliphatic heterocycles. The van der Waals surface area contributed by atoms with E-state index in [1.807, 2.05) is 0 Å². The van der Waals surface area contributed by atoms with Crippen LogP contribution in [-0.2, 0) is 9.59 Å². The van der Waals surface area contributed by atoms with E-state index in [-0.39, 0.29) is 11.1 Å². The molecule has 1 amide bonds. The molecule has 3 aromatic rings. The van der Waals surface area contributed by atoms with Crippen molar-refractivity contribution < 1.29 is 23.8 Å². The first-order chi connectivity index (χ1) is 14.9. The Morgan fingerprint density at radius 1 is 1.00 bits per heavy atom. The number of benzene rings is 3. The number of anilines is 1. The number of aliphatic hydroxyl groups excluding tert-OH is 1. The number of carbonyl (C=O) groups excluding carboxylic acids is 2. The average molecular weight is 438 g/mol. The fourth-order valence-corrected chi connectivity index (χ4v) is 3.72. The molecule has 1 atom stereocenters. The summed E-state index contributed by atoms with van der Waals surface area (Å²) in [7, 11) is 1.51. The number of hydrogen-bond acceptors (Lipinski definition) is 4. The molecule has 3 aromatic carbocycles. The molecule has 0 aromatic heterocycles. The maximum atomic E-state index is 14.8. The van der Waals surface area contributed by atoms with Crippen LogP contribution in [0.5, 0.6) is 5.75 Å². The SMILES string of the molecule is COc1ccc(N2C(=O)C(=O)C(=C(O)c3ccc(Cl)cc3)[C@H]2c2ccccc2F)cc1. The highest BCUT2D eigenvalue weighted by molar-refractivity contribution is 6.51. The standard InChI is InChI=1S/C24H17ClFNO4/c1-31-17-12-10-16(11-13-17)27-21(18-4-2-3-5-19(18)26)20(23(29)24(27)30)22(28)14-6-8-15(25)9-7-14/h2-13,21,28H,1H3/t21-/m1/s1. The number of hydrogen-bond donors (Lipinski definition) is 1. The third-order valence-electron chi connectivity index (χ3n) is 5.11. The minimum atomic E-state index is -1.15. The highest BCUT2D eigenvalue weighted by Gasteiger charge is 2.47. The van der Waals surface area contributed by atoms with E-state index in [1.165, 1.54) is 42.3 Å². The molecule has 0 unspecified atom stereocenters. The monoisotopic (exact) mass is 437 g/mol. The Labute approximate surface area is 182 Å². The Hall–Kier alpha value is -3.64. The molecular formula is C24H17ClFNO4. The first-order valence-corrected chi connectivity index (χ1v) is 9.75. The fourth-order valence-electron chi connectivity index (χ4n) is 3.60. The average Bonchev–Trinajstić information content (AvgIpc) is 3.04. The van der Waals surface area contributed by atoms with Gasteiger partial charge in [0.05, 0.1) is 18.7 Å². The number of Topliss-reactive ketones (excluding diaryl/α,β-unsaturated/α-hetero) is 1. The third kappa shape index (κ3) is 3.66. The van der Waals surface area contributed by atoms with Gasteiger partial charge in [0.15, 0.2) is 0 Å². The smallest absolute Gasteiger partial charge is 0.300 e. The number of rotatable bonds is 4. The van der Waals surface area contributed by atoms with Crippen molar-refractivity contribution >= 4 is 34.7 Å². The second kappa shape index (κ2) is 8.24. The summed E-state index contributed by atoms with van der Waals surface area (Å²) in [5.74, 6) is -2.22. The summed E-state index contributed by atoms with van der Waals surface area (Å²) in [4.78, 5) is 27.2. The highest BCUT2D eigenvalue weighted by atomic mass is 35.5. The van der Waals surface area contributed by atoms with E-state index < -0.39 is 29.3 Å². The van der Waals surface area contributed by atoms with Crippen LogP contribution in [0.3, 0.4) is 0 Å². The van der Waals surface area contributed by atoms with Gasteiger partial charge in [0.2, 0.25) is 0 Å². The van der Waals surface area contributed by atoms with Gasteiger partial charge in [-0.15, -0.1) is 0 Å². The van der Waals surface area contributed by atoms with Crippen molar-refractivity contribution in [3.8, 4) is 5.75 Å². The molecule has 156 valence electrons. The van der Waals surface area contributed by atoms with Crippen molar-refractivity contribution in [1.29, 1.82) is 0 Å². The van der Waals surface area contributed by atoms with Crippen LogP contribution in [0.2, 0.25) is 5.02 Å². The number of carbonyl (C=O) groups is 2. The lowest BCUT2D eigenvalue weighted by Gasteiger charge is -2.25. The van der Waals surface area contributed by atoms with Gasteiger partial charge in [-0.05, 0) is 54.6 Å². The predicted octanol–water partition coefficient (Wildman–Crippen LogP) is 5.11. The summed E-state index contributed by atoms with van der Waals surface area (Å²) in [6, 6.07) is 17.3. The van der Waals surface area contributed by atoms with E-state index >= 15 is 0 Å². The molecule has 4 rings (SSSR count). The van der Waals surface area contributed by atoms with E-state index in [9.17, 15) is 19.1 Å². The molecule has 0 saturated carbocycles. The topological polar surface area (TPSA) is 66.8 Å². The summed E-state index contributed by atoms with van der Waals surface area (Å²) in [5.41, 5.74) is 0.547. The van der Waals surface area contributed by atoms with Gasteiger partial charge in [0, 0.05) is 21.8 Å². The van der Waals surface area contributed by atoms with Crippen LogP contribution >= 0.6 is 11.6 Å². The van der Waals surface area contributed by atoms with Crippen LogP contribution in [-0.4, -0.2) is 23.9 Å². The Bertz CT molecular complexity index is 1190. The number of nitrogens with zero attached hydrogens (tertiary/aromatic N) is 1. The summed E-state index contributed by atoms with van der Waals surface area (Å²) in [6.45, 7) is 0. The van der Waals surface area contributed by atoms with Crippen molar-refractivity contribution in [3.63, 3.8) is 0 Å². The summed E-state index contributed by atoms with van der Waals surface area (Å²) in [6.07, 6.45) is 0. The zero-order chi connectivity index (χ0) is 22.1. The van der Waals surface area contributed by atoms with E-state index in [0.717, 1.165) is 0 Å². The van der Waals surface area contributed by atoms with Crippen LogP contribution in [0.15, 0.2) is 78.4 Å². The van der Waals surface area contributed by atoms with Crippen LogP contribution in [0.4, 0.5) is 10.1 Å². The molecule has 7 heteroatoms. The maximum absolute atomic E-state index is 14.8. The minimum Gasteiger partial charge on any atom is -0.507 e. The second-order valence-electron chi connectivity index (χ2n) is 6.90. The molecule has 0 spiro atoms. The summed E-state index contributed by atoms with van der Waals surface area (Å²) >= 11 is 5.91. The van der Waals surface area contributed by atoms with Gasteiger partial charge in [0.1, 0.15) is 17.3 Å². The first-order valence-electron chi connectivity index (χ1n) is 9.38. The number of aliphatic hydroxyl groups is 1. The second-order valence-corrected chi connectivity index (χ2v) is 7.33. The zero-order valence-electron chi connectivity index (χ0n) is 16.4. The third-order valence-corrected chi connectivity index (χ3v) is 5.36. The number of ketones is 1. The summed E-state index contributed by atoms with van der Waals surface area (Å²) < 4.78 is 20.0. The molecular weight excluding hydrogens is 421 g/mol. The van der Waals surface area contributed by atoms with Crippen LogP contribution < -0.4 is 9.64 Å². The number of methoxy groups -OCH3 is 1. The van der Waals surface area contributed by atoms with Gasteiger partial charge < -0.3 is 9.84 Å². The van der Waals surface area contributed by atoms with Crippen LogP contribution in [0, 0.1) is 5.82 Å². The van der Waals surface area contributed by atoms with Crippen LogP contribution in [0.25, 0.3) is 5.76 Å². The van der Waals surface area contributed by atoms with Gasteiger partial charge in [-0.2, -0.15) is 0 Å². The summed E-state index contributed by atoms with van der Waals surface area (Å²) in [5, 5.41) is 11.4. The molecule has 0 aliphatic carbocycles. The number of ether oxygens (including phenoxy) is 1. The quantitative estimate of drug-likeness (QED) is 0.350. The lowest BCUT2D eigenvalue weighted by atomic mass is 9.94. The van der Waals surface area contributed by atoms with Crippen molar-refractivity contribution in [2.24, 2.45) is 0 Å². The van der Waals surface area contributed by atoms with Gasteiger partial charge in [0.25, 0.3) is 11.7 Å². The molecule has 1 aliphatic rings. The fraction of sp³-hybridized carbons (Fsp3) is 0.0833. The van der Waals surface area contributed by atoms with Gasteiger partial charge in [-0.25, -0.2) is 4.39 Å². The number of amides is 1. The molecule has 0 radical (unpaired) electrons.